The van der Waals surface area contributed by atoms with Gasteiger partial charge in [-0.1, -0.05) is 11.6 Å². The van der Waals surface area contributed by atoms with Gasteiger partial charge in [-0.3, -0.25) is 15.1 Å². The molecule has 0 N–H and O–H groups in total. The molecule has 0 unspecified atom stereocenters. The van der Waals surface area contributed by atoms with Crippen LogP contribution in [0, 0.1) is 10.1 Å². The highest BCUT2D eigenvalue weighted by Gasteiger charge is 2.07. The zero-order chi connectivity index (χ0) is 10.1. The van der Waals surface area contributed by atoms with Crippen LogP contribution in [0.15, 0.2) is 24.4 Å². The first-order chi connectivity index (χ1) is 6.66. The van der Waals surface area contributed by atoms with Crippen LogP contribution in [0.4, 0.5) is 5.69 Å². The fraction of sp³-hybridized carbons (Fsp3) is 0. The topological polar surface area (TPSA) is 68.9 Å². The molecule has 0 fully saturated rings. The minimum absolute atomic E-state index is 0.00544. The van der Waals surface area contributed by atoms with Crippen molar-refractivity contribution in [1.82, 2.24) is 9.97 Å². The highest BCUT2D eigenvalue weighted by molar-refractivity contribution is 6.29. The van der Waals surface area contributed by atoms with E-state index in [1.54, 1.807) is 0 Å². The van der Waals surface area contributed by atoms with Crippen molar-refractivity contribution in [3.63, 3.8) is 0 Å². The predicted molar refractivity (Wildman–Crippen MR) is 51.2 cm³/mol. The van der Waals surface area contributed by atoms with E-state index in [1.165, 1.54) is 24.4 Å². The highest BCUT2D eigenvalue weighted by atomic mass is 35.5. The minimum atomic E-state index is -0.476. The zero-order valence-corrected chi connectivity index (χ0v) is 7.60. The first-order valence-electron chi connectivity index (χ1n) is 3.73. The van der Waals surface area contributed by atoms with Gasteiger partial charge in [0.25, 0.3) is 5.69 Å². The van der Waals surface area contributed by atoms with Gasteiger partial charge in [0.2, 0.25) is 0 Å². The Hall–Kier alpha value is -1.75. The average molecular weight is 210 g/mol. The molecule has 14 heavy (non-hydrogen) atoms. The van der Waals surface area contributed by atoms with Crippen LogP contribution in [0.1, 0.15) is 0 Å². The first kappa shape index (κ1) is 8.83. The number of benzene rings is 1. The maximum Gasteiger partial charge on any atom is 0.271 e. The normalized spacial score (nSPS) is 10.4. The molecular formula is C8H4ClN3O2. The van der Waals surface area contributed by atoms with E-state index in [9.17, 15) is 10.1 Å². The molecule has 0 amide bonds. The van der Waals surface area contributed by atoms with E-state index in [0.29, 0.717) is 11.0 Å². The van der Waals surface area contributed by atoms with E-state index in [-0.39, 0.29) is 10.8 Å². The summed E-state index contributed by atoms with van der Waals surface area (Å²) in [5, 5.41) is 10.7. The number of rotatable bonds is 1. The molecule has 6 heteroatoms. The van der Waals surface area contributed by atoms with Gasteiger partial charge in [-0.2, -0.15) is 0 Å². The van der Waals surface area contributed by atoms with Gasteiger partial charge in [0.1, 0.15) is 5.15 Å². The van der Waals surface area contributed by atoms with Crippen LogP contribution in [-0.4, -0.2) is 14.9 Å². The molecule has 0 saturated carbocycles. The zero-order valence-electron chi connectivity index (χ0n) is 6.85. The van der Waals surface area contributed by atoms with E-state index in [4.69, 9.17) is 11.6 Å². The Bertz CT molecular complexity index is 515. The SMILES string of the molecule is O=[N+]([O-])c1ccc2nc(Cl)cnc2c1. The lowest BCUT2D eigenvalue weighted by molar-refractivity contribution is -0.384. The number of aromatic nitrogens is 2. The van der Waals surface area contributed by atoms with Gasteiger partial charge in [-0.15, -0.1) is 0 Å². The highest BCUT2D eigenvalue weighted by Crippen LogP contribution is 2.18. The molecule has 2 aromatic rings. The van der Waals surface area contributed by atoms with Crippen molar-refractivity contribution in [2.45, 2.75) is 0 Å². The monoisotopic (exact) mass is 209 g/mol. The molecular weight excluding hydrogens is 206 g/mol. The third-order valence-electron chi connectivity index (χ3n) is 1.71. The molecule has 0 saturated heterocycles. The lowest BCUT2D eigenvalue weighted by Crippen LogP contribution is -1.89. The van der Waals surface area contributed by atoms with Crippen molar-refractivity contribution in [2.75, 3.05) is 0 Å². The van der Waals surface area contributed by atoms with Crippen LogP contribution < -0.4 is 0 Å². The van der Waals surface area contributed by atoms with Gasteiger partial charge in [-0.05, 0) is 6.07 Å². The average Bonchev–Trinajstić information content (AvgIpc) is 2.16. The molecule has 0 aliphatic heterocycles. The molecule has 5 nitrogen and oxygen atoms in total. The second-order valence-electron chi connectivity index (χ2n) is 2.62. The van der Waals surface area contributed by atoms with Crippen molar-refractivity contribution < 1.29 is 4.92 Å². The fourth-order valence-corrected chi connectivity index (χ4v) is 1.23. The van der Waals surface area contributed by atoms with Crippen LogP contribution in [0.3, 0.4) is 0 Å². The summed E-state index contributed by atoms with van der Waals surface area (Å²) in [5.74, 6) is 0. The van der Waals surface area contributed by atoms with Gasteiger partial charge in [0.15, 0.2) is 0 Å². The van der Waals surface area contributed by atoms with Gasteiger partial charge in [0.05, 0.1) is 22.2 Å². The Morgan fingerprint density at radius 1 is 1.36 bits per heavy atom. The molecule has 1 heterocycles. The summed E-state index contributed by atoms with van der Waals surface area (Å²) in [6.07, 6.45) is 1.35. The summed E-state index contributed by atoms with van der Waals surface area (Å²) in [4.78, 5) is 17.8. The van der Waals surface area contributed by atoms with Gasteiger partial charge in [-0.25, -0.2) is 4.98 Å². The summed E-state index contributed by atoms with van der Waals surface area (Å²) in [6, 6.07) is 4.25. The maximum absolute atomic E-state index is 10.4. The van der Waals surface area contributed by atoms with E-state index in [1.807, 2.05) is 0 Å². The number of hydrogen-bond donors (Lipinski definition) is 0. The molecule has 0 aliphatic rings. The molecule has 0 bridgehead atoms. The van der Waals surface area contributed by atoms with Crippen LogP contribution in [0.5, 0.6) is 0 Å². The summed E-state index contributed by atoms with van der Waals surface area (Å²) in [5.41, 5.74) is 1.00. The first-order valence-corrected chi connectivity index (χ1v) is 4.11. The summed E-state index contributed by atoms with van der Waals surface area (Å²) in [7, 11) is 0. The molecule has 1 aromatic carbocycles. The number of hydrogen-bond acceptors (Lipinski definition) is 4. The largest absolute Gasteiger partial charge is 0.271 e. The molecule has 2 rings (SSSR count). The van der Waals surface area contributed by atoms with Crippen molar-refractivity contribution in [3.8, 4) is 0 Å². The number of halogens is 1. The van der Waals surface area contributed by atoms with E-state index < -0.39 is 4.92 Å². The number of non-ortho nitro benzene ring substituents is 1. The van der Waals surface area contributed by atoms with E-state index >= 15 is 0 Å². The molecule has 0 atom stereocenters. The molecule has 0 spiro atoms. The Balaban J connectivity index is 2.67. The molecule has 0 aliphatic carbocycles. The maximum atomic E-state index is 10.4. The number of nitro benzene ring substituents is 1. The quantitative estimate of drug-likeness (QED) is 0.533. The Morgan fingerprint density at radius 3 is 2.86 bits per heavy atom. The summed E-state index contributed by atoms with van der Waals surface area (Å²) in [6.45, 7) is 0. The lowest BCUT2D eigenvalue weighted by atomic mass is 10.3. The van der Waals surface area contributed by atoms with Crippen molar-refractivity contribution in [2.24, 2.45) is 0 Å². The van der Waals surface area contributed by atoms with E-state index in [0.717, 1.165) is 0 Å². The van der Waals surface area contributed by atoms with Crippen molar-refractivity contribution in [3.05, 3.63) is 39.7 Å². The van der Waals surface area contributed by atoms with Gasteiger partial charge in [0, 0.05) is 12.1 Å². The van der Waals surface area contributed by atoms with Crippen LogP contribution in [0.25, 0.3) is 11.0 Å². The van der Waals surface area contributed by atoms with Crippen LogP contribution >= 0.6 is 11.6 Å². The smallest absolute Gasteiger partial charge is 0.258 e. The van der Waals surface area contributed by atoms with Crippen molar-refractivity contribution in [1.29, 1.82) is 0 Å². The standard InChI is InChI=1S/C8H4ClN3O2/c9-8-4-10-7-3-5(12(13)14)1-2-6(7)11-8/h1-4H. The number of fused-ring (bicyclic) bond motifs is 1. The fourth-order valence-electron chi connectivity index (χ4n) is 1.09. The van der Waals surface area contributed by atoms with Crippen LogP contribution in [0.2, 0.25) is 5.15 Å². The minimum Gasteiger partial charge on any atom is -0.258 e. The van der Waals surface area contributed by atoms with Crippen LogP contribution in [-0.2, 0) is 0 Å². The van der Waals surface area contributed by atoms with Crippen molar-refractivity contribution >= 4 is 28.3 Å². The molecule has 70 valence electrons. The van der Waals surface area contributed by atoms with Gasteiger partial charge < -0.3 is 0 Å². The second-order valence-corrected chi connectivity index (χ2v) is 3.01. The third kappa shape index (κ3) is 1.49. The predicted octanol–water partition coefficient (Wildman–Crippen LogP) is 2.19. The Morgan fingerprint density at radius 2 is 2.14 bits per heavy atom. The summed E-state index contributed by atoms with van der Waals surface area (Å²) < 4.78 is 0. The Labute approximate surface area is 83.5 Å². The second kappa shape index (κ2) is 3.19. The number of nitrogens with zero attached hydrogens (tertiary/aromatic N) is 3. The molecule has 1 aromatic heterocycles. The van der Waals surface area contributed by atoms with E-state index in [2.05, 4.69) is 9.97 Å². The number of nitro groups is 1. The Kier molecular flexibility index (Phi) is 2.01. The lowest BCUT2D eigenvalue weighted by Gasteiger charge is -1.96. The third-order valence-corrected chi connectivity index (χ3v) is 1.89. The molecule has 0 radical (unpaired) electrons. The van der Waals surface area contributed by atoms with Gasteiger partial charge >= 0.3 is 0 Å². The summed E-state index contributed by atoms with van der Waals surface area (Å²) >= 11 is 5.61.